The summed E-state index contributed by atoms with van der Waals surface area (Å²) in [5, 5.41) is 7.04. The van der Waals surface area contributed by atoms with Crippen molar-refractivity contribution in [2.45, 2.75) is 19.9 Å². The molecule has 4 nitrogen and oxygen atoms in total. The first kappa shape index (κ1) is 17.1. The van der Waals surface area contributed by atoms with Crippen LogP contribution in [-0.2, 0) is 13.0 Å². The lowest BCUT2D eigenvalue weighted by Gasteiger charge is -2.16. The summed E-state index contributed by atoms with van der Waals surface area (Å²) >= 11 is 13.5. The highest BCUT2D eigenvalue weighted by atomic mass is 35.5. The molecule has 0 radical (unpaired) electrons. The fourth-order valence-electron chi connectivity index (χ4n) is 2.00. The van der Waals surface area contributed by atoms with Gasteiger partial charge in [0.2, 0.25) is 0 Å². The largest absolute Gasteiger partial charge is 0.338 e. The van der Waals surface area contributed by atoms with E-state index in [0.29, 0.717) is 29.6 Å². The summed E-state index contributed by atoms with van der Waals surface area (Å²) in [7, 11) is 1.75. The van der Waals surface area contributed by atoms with Gasteiger partial charge in [-0.05, 0) is 37.1 Å². The third-order valence-corrected chi connectivity index (χ3v) is 4.28. The zero-order valence-electron chi connectivity index (χ0n) is 12.4. The smallest absolute Gasteiger partial charge is 0.317 e. The molecule has 0 atom stereocenters. The topological polar surface area (TPSA) is 45.2 Å². The van der Waals surface area contributed by atoms with E-state index in [1.54, 1.807) is 29.4 Å². The lowest BCUT2D eigenvalue weighted by Crippen LogP contribution is -2.37. The highest BCUT2D eigenvalue weighted by Crippen LogP contribution is 2.19. The van der Waals surface area contributed by atoms with Crippen LogP contribution in [0.5, 0.6) is 0 Å². The van der Waals surface area contributed by atoms with Crippen molar-refractivity contribution in [1.29, 1.82) is 0 Å². The monoisotopic (exact) mass is 357 g/mol. The Morgan fingerprint density at radius 2 is 2.00 bits per heavy atom. The van der Waals surface area contributed by atoms with Crippen LogP contribution < -0.4 is 5.32 Å². The molecule has 118 valence electrons. The van der Waals surface area contributed by atoms with E-state index < -0.39 is 0 Å². The molecule has 2 amide bonds. The first-order valence-electron chi connectivity index (χ1n) is 6.79. The number of aromatic nitrogens is 1. The Morgan fingerprint density at radius 3 is 2.59 bits per heavy atom. The Kier molecular flexibility index (Phi) is 6.06. The average molecular weight is 358 g/mol. The Labute approximate surface area is 144 Å². The summed E-state index contributed by atoms with van der Waals surface area (Å²) < 4.78 is 0. The molecule has 1 heterocycles. The normalized spacial score (nSPS) is 10.5. The number of aryl methyl sites for hydroxylation is 1. The zero-order chi connectivity index (χ0) is 16.1. The summed E-state index contributed by atoms with van der Waals surface area (Å²) in [5.41, 5.74) is 1.90. The predicted molar refractivity (Wildman–Crippen MR) is 91.9 cm³/mol. The van der Waals surface area contributed by atoms with E-state index in [1.807, 2.05) is 24.4 Å². The number of thiazole rings is 1. The van der Waals surface area contributed by atoms with Crippen LogP contribution in [0, 0.1) is 6.92 Å². The number of hydrogen-bond donors (Lipinski definition) is 1. The van der Waals surface area contributed by atoms with Crippen LogP contribution in [-0.4, -0.2) is 29.5 Å². The van der Waals surface area contributed by atoms with Crippen molar-refractivity contribution in [3.8, 4) is 0 Å². The molecule has 0 bridgehead atoms. The van der Waals surface area contributed by atoms with E-state index in [0.717, 1.165) is 16.3 Å². The van der Waals surface area contributed by atoms with E-state index in [1.165, 1.54) is 0 Å². The van der Waals surface area contributed by atoms with Gasteiger partial charge < -0.3 is 10.2 Å². The summed E-state index contributed by atoms with van der Waals surface area (Å²) in [6, 6.07) is 5.26. The maximum Gasteiger partial charge on any atom is 0.317 e. The van der Waals surface area contributed by atoms with Crippen molar-refractivity contribution in [2.24, 2.45) is 0 Å². The van der Waals surface area contributed by atoms with Crippen LogP contribution in [0.2, 0.25) is 10.0 Å². The molecule has 0 aliphatic heterocycles. The van der Waals surface area contributed by atoms with Crippen molar-refractivity contribution in [3.63, 3.8) is 0 Å². The SMILES string of the molecule is Cc1nc(CN(C)C(=O)NCCc2cc(Cl)cc(Cl)c2)cs1. The van der Waals surface area contributed by atoms with Gasteiger partial charge in [-0.25, -0.2) is 9.78 Å². The number of carbonyl (C=O) groups excluding carboxylic acids is 1. The van der Waals surface area contributed by atoms with E-state index in [4.69, 9.17) is 23.2 Å². The summed E-state index contributed by atoms with van der Waals surface area (Å²) in [6.07, 6.45) is 0.676. The molecule has 2 rings (SSSR count). The van der Waals surface area contributed by atoms with Gasteiger partial charge in [0, 0.05) is 29.0 Å². The van der Waals surface area contributed by atoms with Crippen molar-refractivity contribution in [1.82, 2.24) is 15.2 Å². The molecular weight excluding hydrogens is 341 g/mol. The molecule has 0 aliphatic rings. The Hall–Kier alpha value is -1.30. The number of carbonyl (C=O) groups is 1. The third kappa shape index (κ3) is 5.16. The van der Waals surface area contributed by atoms with Gasteiger partial charge in [-0.3, -0.25) is 0 Å². The minimum atomic E-state index is -0.126. The second kappa shape index (κ2) is 7.81. The lowest BCUT2D eigenvalue weighted by molar-refractivity contribution is 0.206. The maximum absolute atomic E-state index is 12.0. The summed E-state index contributed by atoms with van der Waals surface area (Å²) in [4.78, 5) is 18.0. The van der Waals surface area contributed by atoms with Crippen molar-refractivity contribution < 1.29 is 4.79 Å². The molecule has 0 fully saturated rings. The number of hydrogen-bond acceptors (Lipinski definition) is 3. The molecule has 22 heavy (non-hydrogen) atoms. The number of rotatable bonds is 5. The van der Waals surface area contributed by atoms with Crippen LogP contribution in [0.4, 0.5) is 4.79 Å². The van der Waals surface area contributed by atoms with Gasteiger partial charge in [-0.2, -0.15) is 0 Å². The highest BCUT2D eigenvalue weighted by molar-refractivity contribution is 7.09. The fourth-order valence-corrected chi connectivity index (χ4v) is 3.17. The quantitative estimate of drug-likeness (QED) is 0.873. The first-order valence-corrected chi connectivity index (χ1v) is 8.42. The molecule has 0 saturated heterocycles. The zero-order valence-corrected chi connectivity index (χ0v) is 14.7. The molecule has 0 unspecified atom stereocenters. The van der Waals surface area contributed by atoms with Crippen LogP contribution >= 0.6 is 34.5 Å². The number of nitrogens with zero attached hydrogens (tertiary/aromatic N) is 2. The Bertz CT molecular complexity index is 640. The van der Waals surface area contributed by atoms with Crippen LogP contribution in [0.1, 0.15) is 16.3 Å². The maximum atomic E-state index is 12.0. The molecule has 1 N–H and O–H groups in total. The second-order valence-corrected chi connectivity index (χ2v) is 6.91. The number of amides is 2. The van der Waals surface area contributed by atoms with Crippen molar-refractivity contribution >= 4 is 40.6 Å². The summed E-state index contributed by atoms with van der Waals surface area (Å²) in [6.45, 7) is 2.97. The first-order chi connectivity index (χ1) is 10.4. The predicted octanol–water partition coefficient (Wildman–Crippen LogP) is 4.14. The van der Waals surface area contributed by atoms with E-state index in [2.05, 4.69) is 10.3 Å². The van der Waals surface area contributed by atoms with E-state index in [9.17, 15) is 4.79 Å². The summed E-state index contributed by atoms with van der Waals surface area (Å²) in [5.74, 6) is 0. The van der Waals surface area contributed by atoms with Gasteiger partial charge in [0.15, 0.2) is 0 Å². The molecule has 1 aromatic heterocycles. The Balaban J connectivity index is 1.79. The van der Waals surface area contributed by atoms with Gasteiger partial charge in [-0.1, -0.05) is 23.2 Å². The molecule has 0 aliphatic carbocycles. The van der Waals surface area contributed by atoms with Crippen molar-refractivity contribution in [3.05, 3.63) is 49.9 Å². The lowest BCUT2D eigenvalue weighted by atomic mass is 10.1. The number of nitrogens with one attached hydrogen (secondary N) is 1. The standard InChI is InChI=1S/C15H17Cl2N3OS/c1-10-19-14(9-22-10)8-20(2)15(21)18-4-3-11-5-12(16)7-13(17)6-11/h5-7,9H,3-4,8H2,1-2H3,(H,18,21). The molecule has 1 aromatic carbocycles. The number of benzene rings is 1. The minimum Gasteiger partial charge on any atom is -0.338 e. The van der Waals surface area contributed by atoms with Gasteiger partial charge in [-0.15, -0.1) is 11.3 Å². The third-order valence-electron chi connectivity index (χ3n) is 3.02. The molecule has 0 saturated carbocycles. The molecular formula is C15H17Cl2N3OS. The number of urea groups is 1. The van der Waals surface area contributed by atoms with Gasteiger partial charge in [0.05, 0.1) is 17.2 Å². The highest BCUT2D eigenvalue weighted by Gasteiger charge is 2.10. The molecule has 2 aromatic rings. The second-order valence-electron chi connectivity index (χ2n) is 4.97. The van der Waals surface area contributed by atoms with Gasteiger partial charge in [0.1, 0.15) is 0 Å². The van der Waals surface area contributed by atoms with Gasteiger partial charge in [0.25, 0.3) is 0 Å². The molecule has 7 heteroatoms. The average Bonchev–Trinajstić information content (AvgIpc) is 2.82. The van der Waals surface area contributed by atoms with Crippen LogP contribution in [0.15, 0.2) is 23.6 Å². The Morgan fingerprint density at radius 1 is 1.32 bits per heavy atom. The van der Waals surface area contributed by atoms with Crippen molar-refractivity contribution in [2.75, 3.05) is 13.6 Å². The fraction of sp³-hybridized carbons (Fsp3) is 0.333. The van der Waals surface area contributed by atoms with Gasteiger partial charge >= 0.3 is 6.03 Å². The van der Waals surface area contributed by atoms with E-state index >= 15 is 0 Å². The van der Waals surface area contributed by atoms with Crippen LogP contribution in [0.25, 0.3) is 0 Å². The van der Waals surface area contributed by atoms with Crippen LogP contribution in [0.3, 0.4) is 0 Å². The molecule has 0 spiro atoms. The number of halogens is 2. The minimum absolute atomic E-state index is 0.126. The van der Waals surface area contributed by atoms with E-state index in [-0.39, 0.29) is 6.03 Å².